The summed E-state index contributed by atoms with van der Waals surface area (Å²) in [6, 6.07) is 10.9. The van der Waals surface area contributed by atoms with Crippen LogP contribution in [0.4, 0.5) is 4.39 Å². The van der Waals surface area contributed by atoms with E-state index in [1.165, 1.54) is 6.07 Å². The topological polar surface area (TPSA) is 84.5 Å². The molecule has 170 valence electrons. The van der Waals surface area contributed by atoms with Gasteiger partial charge in [0.05, 0.1) is 21.1 Å². The fourth-order valence-corrected chi connectivity index (χ4v) is 5.15. The molecule has 1 aliphatic rings. The molecular formula is C24H29FN2O4Si. The van der Waals surface area contributed by atoms with Crippen LogP contribution in [0.5, 0.6) is 5.75 Å². The number of halogens is 1. The molecule has 0 radical (unpaired) electrons. The van der Waals surface area contributed by atoms with Gasteiger partial charge in [-0.3, -0.25) is 14.4 Å². The smallest absolute Gasteiger partial charge is 0.226 e. The molecule has 8 heteroatoms. The lowest BCUT2D eigenvalue weighted by molar-refractivity contribution is -0.130. The molecule has 0 bridgehead atoms. The van der Waals surface area contributed by atoms with Gasteiger partial charge in [0, 0.05) is 19.4 Å². The van der Waals surface area contributed by atoms with Gasteiger partial charge in [-0.2, -0.15) is 0 Å². The normalized spacial score (nSPS) is 16.9. The summed E-state index contributed by atoms with van der Waals surface area (Å²) in [5.41, 5.74) is 1.15. The molecule has 1 saturated heterocycles. The van der Waals surface area contributed by atoms with Gasteiger partial charge in [0.15, 0.2) is 5.78 Å². The highest BCUT2D eigenvalue weighted by molar-refractivity contribution is 6.88. The monoisotopic (exact) mass is 456 g/mol. The van der Waals surface area contributed by atoms with Crippen molar-refractivity contribution in [1.29, 1.82) is 0 Å². The number of methoxy groups -OCH3 is 1. The van der Waals surface area contributed by atoms with Crippen molar-refractivity contribution >= 4 is 30.9 Å². The molecule has 0 spiro atoms. The largest absolute Gasteiger partial charge is 0.497 e. The quantitative estimate of drug-likeness (QED) is 0.598. The number of rotatable bonds is 8. The van der Waals surface area contributed by atoms with Crippen LogP contribution < -0.4 is 20.6 Å². The van der Waals surface area contributed by atoms with E-state index < -0.39 is 20.0 Å². The van der Waals surface area contributed by atoms with Crippen molar-refractivity contribution in [2.24, 2.45) is 5.92 Å². The number of carbonyl (C=O) groups is 3. The minimum atomic E-state index is -1.83. The predicted molar refractivity (Wildman–Crippen MR) is 123 cm³/mol. The van der Waals surface area contributed by atoms with Gasteiger partial charge in [-0.15, -0.1) is 0 Å². The first-order chi connectivity index (χ1) is 15.1. The second-order valence-electron chi connectivity index (χ2n) is 9.13. The second kappa shape index (κ2) is 9.64. The van der Waals surface area contributed by atoms with E-state index >= 15 is 0 Å². The van der Waals surface area contributed by atoms with E-state index in [2.05, 4.69) is 30.3 Å². The van der Waals surface area contributed by atoms with Crippen LogP contribution in [0, 0.1) is 11.7 Å². The van der Waals surface area contributed by atoms with Crippen LogP contribution in [0.2, 0.25) is 19.6 Å². The summed E-state index contributed by atoms with van der Waals surface area (Å²) in [7, 11) is -0.285. The Hall–Kier alpha value is -3.00. The zero-order valence-corrected chi connectivity index (χ0v) is 19.8. The number of carbonyl (C=O) groups excluding carboxylic acids is 3. The SMILES string of the molecule is COc1ccc([C@H](NC(=O)C2CNC(=O)C2)C(=O)Cc2ccc([Si](C)(C)C)c(F)c2)cc1. The van der Waals surface area contributed by atoms with Gasteiger partial charge < -0.3 is 15.4 Å². The number of hydrogen-bond donors (Lipinski definition) is 2. The maximum Gasteiger partial charge on any atom is 0.226 e. The first kappa shape index (κ1) is 23.7. The third-order valence-electron chi connectivity index (χ3n) is 5.63. The summed E-state index contributed by atoms with van der Waals surface area (Å²) in [4.78, 5) is 37.4. The van der Waals surface area contributed by atoms with Crippen molar-refractivity contribution < 1.29 is 23.5 Å². The zero-order chi connectivity index (χ0) is 23.5. The Labute approximate surface area is 188 Å². The van der Waals surface area contributed by atoms with Crippen molar-refractivity contribution in [3.63, 3.8) is 0 Å². The summed E-state index contributed by atoms with van der Waals surface area (Å²) in [5.74, 6) is -1.00. The molecule has 1 aliphatic heterocycles. The standard InChI is InChI=1S/C24H29FN2O4Si/c1-31-18-8-6-16(7-9-18)23(27-24(30)17-13-22(29)26-14-17)20(28)12-15-5-10-21(19(25)11-15)32(2,3)4/h5-11,17,23H,12-14H2,1-4H3,(H,26,29)(H,27,30)/t17?,23-/m0/s1. The first-order valence-corrected chi connectivity index (χ1v) is 14.1. The molecule has 6 nitrogen and oxygen atoms in total. The zero-order valence-electron chi connectivity index (χ0n) is 18.8. The van der Waals surface area contributed by atoms with Crippen LogP contribution in [0.1, 0.15) is 23.6 Å². The van der Waals surface area contributed by atoms with Gasteiger partial charge in [-0.1, -0.05) is 43.9 Å². The van der Waals surface area contributed by atoms with Crippen LogP contribution >= 0.6 is 0 Å². The van der Waals surface area contributed by atoms with Crippen LogP contribution in [0.15, 0.2) is 42.5 Å². The average molecular weight is 457 g/mol. The minimum absolute atomic E-state index is 0.0261. The van der Waals surface area contributed by atoms with E-state index in [0.29, 0.717) is 22.1 Å². The van der Waals surface area contributed by atoms with Crippen molar-refractivity contribution in [3.8, 4) is 5.75 Å². The lowest BCUT2D eigenvalue weighted by atomic mass is 9.96. The highest BCUT2D eigenvalue weighted by Crippen LogP contribution is 2.22. The summed E-state index contributed by atoms with van der Waals surface area (Å²) in [6.45, 7) is 6.44. The third-order valence-corrected chi connectivity index (χ3v) is 7.65. The van der Waals surface area contributed by atoms with E-state index in [9.17, 15) is 18.8 Å². The molecule has 1 heterocycles. The number of benzene rings is 2. The summed E-state index contributed by atoms with van der Waals surface area (Å²) < 4.78 is 19.8. The fourth-order valence-electron chi connectivity index (χ4n) is 3.78. The Morgan fingerprint density at radius 1 is 1.19 bits per heavy atom. The van der Waals surface area contributed by atoms with Gasteiger partial charge >= 0.3 is 0 Å². The van der Waals surface area contributed by atoms with E-state index in [1.54, 1.807) is 43.5 Å². The maximum absolute atomic E-state index is 14.7. The molecule has 2 amide bonds. The highest BCUT2D eigenvalue weighted by atomic mass is 28.3. The summed E-state index contributed by atoms with van der Waals surface area (Å²) in [6.07, 6.45) is 0.0699. The Balaban J connectivity index is 1.83. The lowest BCUT2D eigenvalue weighted by Crippen LogP contribution is -2.40. The number of nitrogens with one attached hydrogen (secondary N) is 2. The number of ketones is 1. The molecule has 0 saturated carbocycles. The molecule has 1 unspecified atom stereocenters. The predicted octanol–water partition coefficient (Wildman–Crippen LogP) is 2.48. The van der Waals surface area contributed by atoms with Gasteiger partial charge in [0.25, 0.3) is 0 Å². The number of ether oxygens (including phenoxy) is 1. The van der Waals surface area contributed by atoms with Crippen molar-refractivity contribution in [2.45, 2.75) is 38.5 Å². The Morgan fingerprint density at radius 2 is 1.88 bits per heavy atom. The molecule has 0 aromatic heterocycles. The molecule has 3 rings (SSSR count). The van der Waals surface area contributed by atoms with Crippen LogP contribution in [-0.2, 0) is 20.8 Å². The molecule has 0 aliphatic carbocycles. The molecule has 32 heavy (non-hydrogen) atoms. The van der Waals surface area contributed by atoms with Gasteiger partial charge in [0.2, 0.25) is 11.8 Å². The summed E-state index contributed by atoms with van der Waals surface area (Å²) >= 11 is 0. The minimum Gasteiger partial charge on any atom is -0.497 e. The maximum atomic E-state index is 14.7. The van der Waals surface area contributed by atoms with Crippen LogP contribution in [0.25, 0.3) is 0 Å². The lowest BCUT2D eigenvalue weighted by Gasteiger charge is -2.21. The molecular weight excluding hydrogens is 427 g/mol. The Kier molecular flexibility index (Phi) is 7.13. The highest BCUT2D eigenvalue weighted by Gasteiger charge is 2.32. The van der Waals surface area contributed by atoms with Gasteiger partial charge in [0.1, 0.15) is 17.6 Å². The second-order valence-corrected chi connectivity index (χ2v) is 14.2. The van der Waals surface area contributed by atoms with Crippen molar-refractivity contribution in [2.75, 3.05) is 13.7 Å². The fraction of sp³-hybridized carbons (Fsp3) is 0.375. The van der Waals surface area contributed by atoms with Crippen molar-refractivity contribution in [1.82, 2.24) is 10.6 Å². The van der Waals surface area contributed by atoms with Gasteiger partial charge in [-0.05, 0) is 34.5 Å². The average Bonchev–Trinajstić information content (AvgIpc) is 3.17. The van der Waals surface area contributed by atoms with Crippen LogP contribution in [-0.4, -0.2) is 39.3 Å². The number of hydrogen-bond acceptors (Lipinski definition) is 4. The van der Waals surface area contributed by atoms with E-state index in [4.69, 9.17) is 4.74 Å². The molecule has 2 aromatic rings. The third kappa shape index (κ3) is 5.62. The van der Waals surface area contributed by atoms with Crippen LogP contribution in [0.3, 0.4) is 0 Å². The number of Topliss-reactive ketones (excluding diaryl/α,β-unsaturated/α-hetero) is 1. The van der Waals surface area contributed by atoms with Gasteiger partial charge in [-0.25, -0.2) is 4.39 Å². The Morgan fingerprint density at radius 3 is 2.41 bits per heavy atom. The van der Waals surface area contributed by atoms with Crippen molar-refractivity contribution in [3.05, 3.63) is 59.4 Å². The summed E-state index contributed by atoms with van der Waals surface area (Å²) in [5, 5.41) is 6.14. The van der Waals surface area contributed by atoms with E-state index in [0.717, 1.165) is 0 Å². The van der Waals surface area contributed by atoms with E-state index in [-0.39, 0.29) is 42.8 Å². The van der Waals surface area contributed by atoms with E-state index in [1.807, 2.05) is 0 Å². The molecule has 1 fully saturated rings. The first-order valence-electron chi connectivity index (χ1n) is 10.6. The molecule has 2 N–H and O–H groups in total. The molecule has 2 aromatic carbocycles. The Bertz CT molecular complexity index is 1020. The number of amides is 2. The molecule has 2 atom stereocenters.